The summed E-state index contributed by atoms with van der Waals surface area (Å²) in [6.45, 7) is 4.57. The van der Waals surface area contributed by atoms with Crippen molar-refractivity contribution < 1.29 is 9.32 Å². The number of carbonyl (C=O) groups is 1. The van der Waals surface area contributed by atoms with Crippen LogP contribution in [0, 0.1) is 12.3 Å². The van der Waals surface area contributed by atoms with Gasteiger partial charge in [-0.2, -0.15) is 4.98 Å². The number of hydrogen-bond acceptors (Lipinski definition) is 5. The second-order valence-electron chi connectivity index (χ2n) is 7.86. The molecule has 1 aromatic heterocycles. The minimum Gasteiger partial charge on any atom is -0.342 e. The number of aryl methyl sites for hydroxylation is 1. The van der Waals surface area contributed by atoms with Gasteiger partial charge >= 0.3 is 0 Å². The number of carbonyl (C=O) groups excluding carboxylic acids is 1. The van der Waals surface area contributed by atoms with Gasteiger partial charge in [0.25, 0.3) is 0 Å². The number of nitrogens with zero attached hydrogens (tertiary/aromatic N) is 4. The van der Waals surface area contributed by atoms with Crippen LogP contribution in [0.4, 0.5) is 0 Å². The highest BCUT2D eigenvalue weighted by molar-refractivity contribution is 5.78. The predicted octanol–water partition coefficient (Wildman–Crippen LogP) is 2.61. The summed E-state index contributed by atoms with van der Waals surface area (Å²) in [5.74, 6) is 1.65. The zero-order valence-electron chi connectivity index (χ0n) is 15.5. The van der Waals surface area contributed by atoms with Crippen LogP contribution in [0.15, 0.2) is 34.9 Å². The summed E-state index contributed by atoms with van der Waals surface area (Å²) in [4.78, 5) is 21.4. The van der Waals surface area contributed by atoms with Crippen molar-refractivity contribution in [3.05, 3.63) is 47.6 Å². The van der Waals surface area contributed by atoms with Crippen LogP contribution in [-0.2, 0) is 11.2 Å². The Morgan fingerprint density at radius 3 is 2.65 bits per heavy atom. The van der Waals surface area contributed by atoms with Crippen molar-refractivity contribution in [1.82, 2.24) is 19.9 Å². The van der Waals surface area contributed by atoms with Gasteiger partial charge in [-0.1, -0.05) is 35.5 Å². The van der Waals surface area contributed by atoms with Crippen molar-refractivity contribution in [2.75, 3.05) is 26.7 Å². The molecule has 6 heteroatoms. The molecule has 4 rings (SSSR count). The molecule has 0 radical (unpaired) electrons. The molecule has 0 bridgehead atoms. The van der Waals surface area contributed by atoms with Crippen molar-refractivity contribution in [2.45, 2.75) is 38.6 Å². The van der Waals surface area contributed by atoms with Gasteiger partial charge in [0.05, 0.1) is 12.5 Å². The van der Waals surface area contributed by atoms with Gasteiger partial charge in [-0.05, 0) is 44.2 Å². The van der Waals surface area contributed by atoms with Crippen LogP contribution in [0.3, 0.4) is 0 Å². The number of rotatable bonds is 3. The molecule has 1 unspecified atom stereocenters. The van der Waals surface area contributed by atoms with E-state index < -0.39 is 0 Å². The average Bonchev–Trinajstić information content (AvgIpc) is 3.20. The molecular formula is C20H26N4O2. The highest BCUT2D eigenvalue weighted by Crippen LogP contribution is 2.47. The Morgan fingerprint density at radius 1 is 1.27 bits per heavy atom. The van der Waals surface area contributed by atoms with E-state index in [1.54, 1.807) is 0 Å². The lowest BCUT2D eigenvalue weighted by Crippen LogP contribution is -2.44. The summed E-state index contributed by atoms with van der Waals surface area (Å²) in [7, 11) is 2.13. The monoisotopic (exact) mass is 354 g/mol. The van der Waals surface area contributed by atoms with E-state index in [4.69, 9.17) is 4.52 Å². The fourth-order valence-corrected chi connectivity index (χ4v) is 4.47. The zero-order chi connectivity index (χ0) is 18.1. The summed E-state index contributed by atoms with van der Waals surface area (Å²) in [6, 6.07) is 10.2. The van der Waals surface area contributed by atoms with E-state index in [0.29, 0.717) is 12.2 Å². The molecule has 1 amide bonds. The Bertz CT molecular complexity index is 765. The maximum absolute atomic E-state index is 12.6. The molecule has 1 atom stereocenters. The van der Waals surface area contributed by atoms with Crippen LogP contribution in [0.2, 0.25) is 0 Å². The van der Waals surface area contributed by atoms with Crippen molar-refractivity contribution in [3.63, 3.8) is 0 Å². The minimum absolute atomic E-state index is 0.197. The topological polar surface area (TPSA) is 62.5 Å². The Hall–Kier alpha value is -2.21. The molecule has 3 heterocycles. The number of amides is 1. The van der Waals surface area contributed by atoms with Crippen LogP contribution < -0.4 is 0 Å². The van der Waals surface area contributed by atoms with Crippen molar-refractivity contribution in [1.29, 1.82) is 0 Å². The lowest BCUT2D eigenvalue weighted by Gasteiger charge is -2.39. The quantitative estimate of drug-likeness (QED) is 0.848. The molecule has 1 aromatic carbocycles. The Morgan fingerprint density at radius 2 is 2.00 bits per heavy atom. The third-order valence-electron chi connectivity index (χ3n) is 5.95. The summed E-state index contributed by atoms with van der Waals surface area (Å²) in [6.07, 6.45) is 3.62. The molecule has 0 aliphatic carbocycles. The molecule has 0 N–H and O–H groups in total. The number of hydrogen-bond donors (Lipinski definition) is 0. The number of piperidine rings is 1. The molecule has 138 valence electrons. The Kier molecular flexibility index (Phi) is 4.53. The maximum atomic E-state index is 12.6. The molecular weight excluding hydrogens is 328 g/mol. The molecule has 0 saturated carbocycles. The van der Waals surface area contributed by atoms with Gasteiger partial charge in [0.1, 0.15) is 0 Å². The second-order valence-corrected chi connectivity index (χ2v) is 7.86. The fraction of sp³-hybridized carbons (Fsp3) is 0.550. The summed E-state index contributed by atoms with van der Waals surface area (Å²) < 4.78 is 5.41. The largest absolute Gasteiger partial charge is 0.342 e. The lowest BCUT2D eigenvalue weighted by atomic mass is 9.76. The predicted molar refractivity (Wildman–Crippen MR) is 97.4 cm³/mol. The standard InChI is InChI=1S/C20H26N4O2/c1-15-21-19(26-22-15)17-13-20(14-23(17)2)8-10-24(11-9-20)18(25)12-16-6-4-3-5-7-16/h3-7,17H,8-14H2,1-2H3. The highest BCUT2D eigenvalue weighted by atomic mass is 16.5. The van der Waals surface area contributed by atoms with Gasteiger partial charge in [0, 0.05) is 19.6 Å². The van der Waals surface area contributed by atoms with E-state index in [-0.39, 0.29) is 17.4 Å². The van der Waals surface area contributed by atoms with E-state index in [2.05, 4.69) is 22.1 Å². The lowest BCUT2D eigenvalue weighted by molar-refractivity contribution is -0.132. The van der Waals surface area contributed by atoms with Crippen LogP contribution in [0.25, 0.3) is 0 Å². The first kappa shape index (κ1) is 17.2. The highest BCUT2D eigenvalue weighted by Gasteiger charge is 2.46. The third-order valence-corrected chi connectivity index (χ3v) is 5.95. The van der Waals surface area contributed by atoms with Gasteiger partial charge in [-0.25, -0.2) is 0 Å². The van der Waals surface area contributed by atoms with Crippen molar-refractivity contribution >= 4 is 5.91 Å². The van der Waals surface area contributed by atoms with Crippen molar-refractivity contribution in [3.8, 4) is 0 Å². The molecule has 1 spiro atoms. The van der Waals surface area contributed by atoms with Gasteiger partial charge < -0.3 is 9.42 Å². The first-order chi connectivity index (χ1) is 12.5. The molecule has 2 aliphatic heterocycles. The third kappa shape index (κ3) is 3.38. The fourth-order valence-electron chi connectivity index (χ4n) is 4.47. The molecule has 6 nitrogen and oxygen atoms in total. The van der Waals surface area contributed by atoms with E-state index in [1.165, 1.54) is 0 Å². The van der Waals surface area contributed by atoms with Gasteiger partial charge in [-0.3, -0.25) is 9.69 Å². The average molecular weight is 354 g/mol. The Labute approximate surface area is 154 Å². The molecule has 2 aliphatic rings. The van der Waals surface area contributed by atoms with Crippen LogP contribution in [-0.4, -0.2) is 52.5 Å². The van der Waals surface area contributed by atoms with E-state index in [1.807, 2.05) is 42.2 Å². The van der Waals surface area contributed by atoms with Crippen LogP contribution >= 0.6 is 0 Å². The maximum Gasteiger partial charge on any atom is 0.243 e. The normalized spacial score (nSPS) is 22.8. The molecule has 2 aromatic rings. The molecule has 2 fully saturated rings. The van der Waals surface area contributed by atoms with E-state index in [9.17, 15) is 4.79 Å². The van der Waals surface area contributed by atoms with Crippen LogP contribution in [0.1, 0.15) is 42.6 Å². The van der Waals surface area contributed by atoms with Crippen molar-refractivity contribution in [2.24, 2.45) is 5.41 Å². The summed E-state index contributed by atoms with van der Waals surface area (Å²) >= 11 is 0. The zero-order valence-corrected chi connectivity index (χ0v) is 15.5. The molecule has 2 saturated heterocycles. The van der Waals surface area contributed by atoms with E-state index >= 15 is 0 Å². The number of benzene rings is 1. The number of likely N-dealkylation sites (tertiary alicyclic amines) is 2. The minimum atomic E-state index is 0.197. The van der Waals surface area contributed by atoms with Crippen LogP contribution in [0.5, 0.6) is 0 Å². The first-order valence-electron chi connectivity index (χ1n) is 9.37. The summed E-state index contributed by atoms with van der Waals surface area (Å²) in [5, 5.41) is 3.94. The van der Waals surface area contributed by atoms with Gasteiger partial charge in [0.2, 0.25) is 11.8 Å². The SMILES string of the molecule is Cc1noc(C2CC3(CCN(C(=O)Cc4ccccc4)CC3)CN2C)n1. The smallest absolute Gasteiger partial charge is 0.243 e. The molecule has 26 heavy (non-hydrogen) atoms. The first-order valence-corrected chi connectivity index (χ1v) is 9.37. The Balaban J connectivity index is 1.36. The second kappa shape index (κ2) is 6.83. The van der Waals surface area contributed by atoms with E-state index in [0.717, 1.165) is 50.4 Å². The number of aromatic nitrogens is 2. The van der Waals surface area contributed by atoms with Gasteiger partial charge in [-0.15, -0.1) is 0 Å². The van der Waals surface area contributed by atoms with Gasteiger partial charge in [0.15, 0.2) is 5.82 Å². The summed E-state index contributed by atoms with van der Waals surface area (Å²) in [5.41, 5.74) is 1.34.